The molecule has 1 aromatic carbocycles. The SMILES string of the molecule is CCc1ccccc1C[n+]1ccn(CC/C=C\CC[n+]2ccn(CC)c2)c1. The number of hydrogen-bond acceptors (Lipinski definition) is 0. The number of nitrogens with zero attached hydrogens (tertiary/aromatic N) is 4. The summed E-state index contributed by atoms with van der Waals surface area (Å²) in [5.74, 6) is 0. The highest BCUT2D eigenvalue weighted by atomic mass is 15.1. The third kappa shape index (κ3) is 5.68. The van der Waals surface area contributed by atoms with Crippen LogP contribution in [0.2, 0.25) is 0 Å². The van der Waals surface area contributed by atoms with Gasteiger partial charge in [0, 0.05) is 12.8 Å². The topological polar surface area (TPSA) is 17.6 Å². The summed E-state index contributed by atoms with van der Waals surface area (Å²) in [5, 5.41) is 0. The number of allylic oxidation sites excluding steroid dienone is 2. The second-order valence-corrected chi connectivity index (χ2v) is 6.98. The average molecular weight is 365 g/mol. The molecule has 0 unspecified atom stereocenters. The Kier molecular flexibility index (Phi) is 7.03. The summed E-state index contributed by atoms with van der Waals surface area (Å²) in [5.41, 5.74) is 2.85. The van der Waals surface area contributed by atoms with Crippen molar-refractivity contribution >= 4 is 0 Å². The molecule has 4 heteroatoms. The van der Waals surface area contributed by atoms with E-state index in [1.165, 1.54) is 11.1 Å². The lowest BCUT2D eigenvalue weighted by Gasteiger charge is -2.04. The zero-order valence-corrected chi connectivity index (χ0v) is 16.7. The Morgan fingerprint density at radius 1 is 0.852 bits per heavy atom. The first-order chi connectivity index (χ1) is 13.3. The molecular formula is C23H32N4+2. The molecule has 0 atom stereocenters. The Balaban J connectivity index is 1.41. The number of aryl methyl sites for hydroxylation is 4. The van der Waals surface area contributed by atoms with Gasteiger partial charge in [0.1, 0.15) is 31.3 Å². The van der Waals surface area contributed by atoms with E-state index in [4.69, 9.17) is 0 Å². The number of hydrogen-bond donors (Lipinski definition) is 0. The number of imidazole rings is 2. The molecule has 3 aromatic rings. The van der Waals surface area contributed by atoms with Gasteiger partial charge in [-0.3, -0.25) is 0 Å². The molecule has 27 heavy (non-hydrogen) atoms. The van der Waals surface area contributed by atoms with E-state index in [0.29, 0.717) is 0 Å². The third-order valence-corrected chi connectivity index (χ3v) is 4.98. The van der Waals surface area contributed by atoms with Gasteiger partial charge in [-0.15, -0.1) is 0 Å². The van der Waals surface area contributed by atoms with E-state index >= 15 is 0 Å². The van der Waals surface area contributed by atoms with Crippen LogP contribution in [0.3, 0.4) is 0 Å². The molecular weight excluding hydrogens is 332 g/mol. The van der Waals surface area contributed by atoms with E-state index in [9.17, 15) is 0 Å². The molecule has 0 amide bonds. The van der Waals surface area contributed by atoms with E-state index in [1.54, 1.807) is 0 Å². The van der Waals surface area contributed by atoms with Crippen LogP contribution in [-0.2, 0) is 32.6 Å². The van der Waals surface area contributed by atoms with Crippen LogP contribution >= 0.6 is 0 Å². The van der Waals surface area contributed by atoms with Crippen molar-refractivity contribution in [3.8, 4) is 0 Å². The summed E-state index contributed by atoms with van der Waals surface area (Å²) in [6.07, 6.45) is 20.8. The highest BCUT2D eigenvalue weighted by Crippen LogP contribution is 2.08. The van der Waals surface area contributed by atoms with Crippen LogP contribution in [0.5, 0.6) is 0 Å². The lowest BCUT2D eigenvalue weighted by Crippen LogP contribution is -2.32. The maximum Gasteiger partial charge on any atom is 0.244 e. The largest absolute Gasteiger partial charge is 0.244 e. The van der Waals surface area contributed by atoms with Gasteiger partial charge in [-0.25, -0.2) is 18.3 Å². The third-order valence-electron chi connectivity index (χ3n) is 4.98. The number of rotatable bonds is 10. The minimum atomic E-state index is 0.946. The first kappa shape index (κ1) is 19.2. The molecule has 0 radical (unpaired) electrons. The molecule has 0 spiro atoms. The maximum absolute atomic E-state index is 2.30. The van der Waals surface area contributed by atoms with Gasteiger partial charge >= 0.3 is 0 Å². The highest BCUT2D eigenvalue weighted by molar-refractivity contribution is 5.26. The predicted molar refractivity (Wildman–Crippen MR) is 108 cm³/mol. The summed E-state index contributed by atoms with van der Waals surface area (Å²) in [7, 11) is 0. The van der Waals surface area contributed by atoms with E-state index < -0.39 is 0 Å². The Labute approximate surface area is 163 Å². The lowest BCUT2D eigenvalue weighted by molar-refractivity contribution is -0.695. The predicted octanol–water partition coefficient (Wildman–Crippen LogP) is 3.53. The Morgan fingerprint density at radius 2 is 1.56 bits per heavy atom. The maximum atomic E-state index is 2.30. The van der Waals surface area contributed by atoms with Gasteiger partial charge in [0.15, 0.2) is 0 Å². The van der Waals surface area contributed by atoms with Gasteiger partial charge in [0.05, 0.1) is 19.6 Å². The Hall–Kier alpha value is -2.62. The first-order valence-corrected chi connectivity index (χ1v) is 10.1. The van der Waals surface area contributed by atoms with Crippen LogP contribution in [-0.4, -0.2) is 9.13 Å². The summed E-state index contributed by atoms with van der Waals surface area (Å²) < 4.78 is 8.99. The molecule has 0 aliphatic carbocycles. The van der Waals surface area contributed by atoms with Crippen molar-refractivity contribution in [2.75, 3.05) is 0 Å². The summed E-state index contributed by atoms with van der Waals surface area (Å²) in [4.78, 5) is 0. The molecule has 0 bridgehead atoms. The molecule has 0 aliphatic heterocycles. The van der Waals surface area contributed by atoms with Crippen molar-refractivity contribution in [2.45, 2.75) is 59.3 Å². The monoisotopic (exact) mass is 364 g/mol. The molecule has 2 heterocycles. The van der Waals surface area contributed by atoms with Crippen molar-refractivity contribution in [1.82, 2.24) is 9.13 Å². The van der Waals surface area contributed by atoms with Crippen molar-refractivity contribution in [3.63, 3.8) is 0 Å². The van der Waals surface area contributed by atoms with Gasteiger partial charge in [-0.1, -0.05) is 43.3 Å². The molecule has 0 aliphatic rings. The zero-order valence-electron chi connectivity index (χ0n) is 16.7. The van der Waals surface area contributed by atoms with E-state index in [0.717, 1.165) is 45.4 Å². The van der Waals surface area contributed by atoms with E-state index in [1.807, 2.05) is 0 Å². The quantitative estimate of drug-likeness (QED) is 0.387. The fourth-order valence-corrected chi connectivity index (χ4v) is 3.36. The van der Waals surface area contributed by atoms with Gasteiger partial charge in [0.25, 0.3) is 0 Å². The molecule has 0 N–H and O–H groups in total. The lowest BCUT2D eigenvalue weighted by atomic mass is 10.1. The molecule has 2 aromatic heterocycles. The molecule has 0 saturated carbocycles. The Morgan fingerprint density at radius 3 is 2.33 bits per heavy atom. The number of aromatic nitrogens is 4. The summed E-state index contributed by atoms with van der Waals surface area (Å²) in [6, 6.07) is 8.72. The molecule has 0 fully saturated rings. The van der Waals surface area contributed by atoms with Crippen molar-refractivity contribution < 1.29 is 9.13 Å². The second-order valence-electron chi connectivity index (χ2n) is 6.98. The first-order valence-electron chi connectivity index (χ1n) is 10.1. The van der Waals surface area contributed by atoms with Crippen LogP contribution in [0, 0.1) is 0 Å². The van der Waals surface area contributed by atoms with Crippen molar-refractivity contribution in [1.29, 1.82) is 0 Å². The normalized spacial score (nSPS) is 11.5. The number of benzene rings is 1. The van der Waals surface area contributed by atoms with Crippen LogP contribution in [0.15, 0.2) is 73.9 Å². The van der Waals surface area contributed by atoms with E-state index in [2.05, 4.69) is 106 Å². The Bertz CT molecular complexity index is 857. The van der Waals surface area contributed by atoms with Crippen LogP contribution in [0.25, 0.3) is 0 Å². The van der Waals surface area contributed by atoms with E-state index in [-0.39, 0.29) is 0 Å². The highest BCUT2D eigenvalue weighted by Gasteiger charge is 2.07. The van der Waals surface area contributed by atoms with Gasteiger partial charge in [0.2, 0.25) is 12.7 Å². The molecule has 3 rings (SSSR count). The van der Waals surface area contributed by atoms with Crippen LogP contribution in [0.1, 0.15) is 37.8 Å². The summed E-state index contributed by atoms with van der Waals surface area (Å²) in [6.45, 7) is 8.43. The van der Waals surface area contributed by atoms with Gasteiger partial charge < -0.3 is 0 Å². The van der Waals surface area contributed by atoms with Crippen molar-refractivity contribution in [3.05, 3.63) is 85.0 Å². The smallest absolute Gasteiger partial charge is 0.237 e. The van der Waals surface area contributed by atoms with Crippen LogP contribution in [0.4, 0.5) is 0 Å². The summed E-state index contributed by atoms with van der Waals surface area (Å²) >= 11 is 0. The van der Waals surface area contributed by atoms with Crippen LogP contribution < -0.4 is 9.13 Å². The zero-order chi connectivity index (χ0) is 18.9. The standard InChI is InChI=1S/C23H32N4/c1-3-22-11-7-8-12-23(22)19-27-18-17-26(21-27)14-10-6-5-9-13-25-16-15-24(4-2)20-25/h5-8,11-12,15-18,20-21H,3-4,9-10,13-14,19H2,1-2H3/q+2/b6-5-. The fourth-order valence-electron chi connectivity index (χ4n) is 3.36. The minimum absolute atomic E-state index is 0.946. The van der Waals surface area contributed by atoms with Gasteiger partial charge in [-0.05, 0) is 24.5 Å². The minimum Gasteiger partial charge on any atom is -0.237 e. The second kappa shape index (κ2) is 9.91. The average Bonchev–Trinajstić information content (AvgIpc) is 3.34. The van der Waals surface area contributed by atoms with Crippen molar-refractivity contribution in [2.24, 2.45) is 0 Å². The molecule has 142 valence electrons. The molecule has 0 saturated heterocycles. The van der Waals surface area contributed by atoms with Gasteiger partial charge in [-0.2, -0.15) is 0 Å². The molecule has 4 nitrogen and oxygen atoms in total. The fraction of sp³-hybridized carbons (Fsp3) is 0.391.